The molecule has 3 heterocycles. The van der Waals surface area contributed by atoms with Crippen LogP contribution in [0.15, 0.2) is 16.8 Å². The lowest BCUT2D eigenvalue weighted by molar-refractivity contribution is -0.134. The van der Waals surface area contributed by atoms with Crippen molar-refractivity contribution in [2.45, 2.75) is 57.8 Å². The smallest absolute Gasteiger partial charge is 0.222 e. The molecule has 128 valence electrons. The molecule has 1 aromatic heterocycles. The first-order valence-corrected chi connectivity index (χ1v) is 9.74. The molecule has 2 aliphatic heterocycles. The van der Waals surface area contributed by atoms with Crippen molar-refractivity contribution in [3.8, 4) is 0 Å². The van der Waals surface area contributed by atoms with E-state index in [-0.39, 0.29) is 0 Å². The molecular formula is C18H28N2O2S. The number of ether oxygens (including phenoxy) is 1. The number of aryl methyl sites for hydroxylation is 1. The first-order chi connectivity index (χ1) is 11.1. The maximum atomic E-state index is 12.4. The SMILES string of the molecule is C[C@@H]1CN(C2CCN(C(=O)CCc3ccsc3)CC2)C[C@H](C)O1. The monoisotopic (exact) mass is 336 g/mol. The van der Waals surface area contributed by atoms with Gasteiger partial charge in [0.1, 0.15) is 0 Å². The molecular weight excluding hydrogens is 308 g/mol. The van der Waals surface area contributed by atoms with Crippen molar-refractivity contribution < 1.29 is 9.53 Å². The summed E-state index contributed by atoms with van der Waals surface area (Å²) in [5.41, 5.74) is 1.29. The Morgan fingerprint density at radius 1 is 1.26 bits per heavy atom. The molecule has 0 aliphatic carbocycles. The van der Waals surface area contributed by atoms with Gasteiger partial charge in [-0.2, -0.15) is 11.3 Å². The Morgan fingerprint density at radius 3 is 2.57 bits per heavy atom. The third-order valence-electron chi connectivity index (χ3n) is 4.99. The molecule has 2 aliphatic rings. The zero-order valence-corrected chi connectivity index (χ0v) is 15.1. The summed E-state index contributed by atoms with van der Waals surface area (Å²) in [6.45, 7) is 8.19. The van der Waals surface area contributed by atoms with Crippen LogP contribution in [0.3, 0.4) is 0 Å². The Kier molecular flexibility index (Phi) is 5.72. The predicted molar refractivity (Wildman–Crippen MR) is 93.8 cm³/mol. The summed E-state index contributed by atoms with van der Waals surface area (Å²) in [5, 5.41) is 4.22. The molecule has 2 saturated heterocycles. The number of morpholine rings is 1. The largest absolute Gasteiger partial charge is 0.373 e. The second-order valence-electron chi connectivity index (χ2n) is 6.95. The number of hydrogen-bond donors (Lipinski definition) is 0. The van der Waals surface area contributed by atoms with E-state index in [1.807, 2.05) is 0 Å². The summed E-state index contributed by atoms with van der Waals surface area (Å²) in [6.07, 6.45) is 4.37. The van der Waals surface area contributed by atoms with Crippen LogP contribution in [0.1, 0.15) is 38.7 Å². The highest BCUT2D eigenvalue weighted by atomic mass is 32.1. The highest BCUT2D eigenvalue weighted by Crippen LogP contribution is 2.22. The number of carbonyl (C=O) groups is 1. The van der Waals surface area contributed by atoms with Crippen LogP contribution in [-0.2, 0) is 16.0 Å². The minimum atomic E-state index is 0.318. The molecule has 5 heteroatoms. The lowest BCUT2D eigenvalue weighted by atomic mass is 10.0. The Hall–Kier alpha value is -0.910. The molecule has 1 amide bonds. The van der Waals surface area contributed by atoms with E-state index < -0.39 is 0 Å². The van der Waals surface area contributed by atoms with Gasteiger partial charge in [-0.3, -0.25) is 9.69 Å². The molecule has 0 saturated carbocycles. The van der Waals surface area contributed by atoms with Crippen LogP contribution in [0.5, 0.6) is 0 Å². The van der Waals surface area contributed by atoms with Gasteiger partial charge in [0.2, 0.25) is 5.91 Å². The lowest BCUT2D eigenvalue weighted by Gasteiger charge is -2.43. The van der Waals surface area contributed by atoms with E-state index in [1.54, 1.807) is 11.3 Å². The fourth-order valence-electron chi connectivity index (χ4n) is 3.84. The second kappa shape index (κ2) is 7.77. The van der Waals surface area contributed by atoms with Crippen molar-refractivity contribution >= 4 is 17.2 Å². The van der Waals surface area contributed by atoms with Gasteiger partial charge in [-0.15, -0.1) is 0 Å². The molecule has 23 heavy (non-hydrogen) atoms. The number of likely N-dealkylation sites (tertiary alicyclic amines) is 1. The molecule has 0 unspecified atom stereocenters. The first-order valence-electron chi connectivity index (χ1n) is 8.80. The van der Waals surface area contributed by atoms with Crippen molar-refractivity contribution in [3.63, 3.8) is 0 Å². The standard InChI is InChI=1S/C18H28N2O2S/c1-14-11-20(12-15(2)22-14)17-5-8-19(9-6-17)18(21)4-3-16-7-10-23-13-16/h7,10,13-15,17H,3-6,8-9,11-12H2,1-2H3/t14-,15+. The molecule has 0 radical (unpaired) electrons. The summed E-state index contributed by atoms with van der Waals surface area (Å²) in [6, 6.07) is 2.73. The van der Waals surface area contributed by atoms with E-state index in [0.717, 1.165) is 45.4 Å². The van der Waals surface area contributed by atoms with Crippen molar-refractivity contribution in [1.82, 2.24) is 9.80 Å². The summed E-state index contributed by atoms with van der Waals surface area (Å²) >= 11 is 1.70. The Bertz CT molecular complexity index is 487. The summed E-state index contributed by atoms with van der Waals surface area (Å²) in [5.74, 6) is 0.318. The van der Waals surface area contributed by atoms with Gasteiger partial charge in [-0.1, -0.05) is 0 Å². The highest BCUT2D eigenvalue weighted by Gasteiger charge is 2.31. The van der Waals surface area contributed by atoms with E-state index in [0.29, 0.717) is 30.6 Å². The van der Waals surface area contributed by atoms with Crippen LogP contribution >= 0.6 is 11.3 Å². The Morgan fingerprint density at radius 2 is 1.96 bits per heavy atom. The predicted octanol–water partition coefficient (Wildman–Crippen LogP) is 2.78. The molecule has 0 spiro atoms. The normalized spacial score (nSPS) is 27.3. The van der Waals surface area contributed by atoms with E-state index in [1.165, 1.54) is 5.56 Å². The Balaban J connectivity index is 1.43. The number of rotatable bonds is 4. The van der Waals surface area contributed by atoms with Gasteiger partial charge in [0, 0.05) is 38.6 Å². The average Bonchev–Trinajstić information content (AvgIpc) is 3.05. The van der Waals surface area contributed by atoms with Gasteiger partial charge in [0.25, 0.3) is 0 Å². The number of piperidine rings is 1. The van der Waals surface area contributed by atoms with E-state index >= 15 is 0 Å². The van der Waals surface area contributed by atoms with Gasteiger partial charge >= 0.3 is 0 Å². The van der Waals surface area contributed by atoms with E-state index in [2.05, 4.69) is 40.5 Å². The van der Waals surface area contributed by atoms with Crippen molar-refractivity contribution in [2.24, 2.45) is 0 Å². The molecule has 4 nitrogen and oxygen atoms in total. The van der Waals surface area contributed by atoms with Gasteiger partial charge in [0.05, 0.1) is 12.2 Å². The number of nitrogens with zero attached hydrogens (tertiary/aromatic N) is 2. The zero-order valence-electron chi connectivity index (χ0n) is 14.2. The average molecular weight is 337 g/mol. The summed E-state index contributed by atoms with van der Waals surface area (Å²) < 4.78 is 5.83. The van der Waals surface area contributed by atoms with Crippen molar-refractivity contribution in [2.75, 3.05) is 26.2 Å². The van der Waals surface area contributed by atoms with Crippen molar-refractivity contribution in [3.05, 3.63) is 22.4 Å². The fourth-order valence-corrected chi connectivity index (χ4v) is 4.54. The van der Waals surface area contributed by atoms with Crippen LogP contribution in [0, 0.1) is 0 Å². The van der Waals surface area contributed by atoms with Crippen LogP contribution in [-0.4, -0.2) is 60.1 Å². The van der Waals surface area contributed by atoms with Gasteiger partial charge in [0.15, 0.2) is 0 Å². The zero-order chi connectivity index (χ0) is 16.2. The van der Waals surface area contributed by atoms with Crippen LogP contribution in [0.4, 0.5) is 0 Å². The molecule has 0 N–H and O–H groups in total. The maximum Gasteiger partial charge on any atom is 0.222 e. The number of carbonyl (C=O) groups excluding carboxylic acids is 1. The third kappa shape index (κ3) is 4.55. The number of hydrogen-bond acceptors (Lipinski definition) is 4. The topological polar surface area (TPSA) is 32.8 Å². The molecule has 2 atom stereocenters. The maximum absolute atomic E-state index is 12.4. The Labute approximate surface area is 143 Å². The summed E-state index contributed by atoms with van der Waals surface area (Å²) in [4.78, 5) is 17.0. The third-order valence-corrected chi connectivity index (χ3v) is 5.72. The van der Waals surface area contributed by atoms with Crippen LogP contribution in [0.2, 0.25) is 0 Å². The highest BCUT2D eigenvalue weighted by molar-refractivity contribution is 7.07. The quantitative estimate of drug-likeness (QED) is 0.847. The van der Waals surface area contributed by atoms with Gasteiger partial charge in [-0.05, 0) is 55.5 Å². The fraction of sp³-hybridized carbons (Fsp3) is 0.722. The lowest BCUT2D eigenvalue weighted by Crippen LogP contribution is -2.53. The number of amides is 1. The van der Waals surface area contributed by atoms with E-state index in [9.17, 15) is 4.79 Å². The number of thiophene rings is 1. The van der Waals surface area contributed by atoms with Crippen LogP contribution < -0.4 is 0 Å². The molecule has 3 rings (SSSR count). The van der Waals surface area contributed by atoms with Crippen molar-refractivity contribution in [1.29, 1.82) is 0 Å². The molecule has 0 aromatic carbocycles. The van der Waals surface area contributed by atoms with Gasteiger partial charge < -0.3 is 9.64 Å². The molecule has 2 fully saturated rings. The minimum absolute atomic E-state index is 0.318. The van der Waals surface area contributed by atoms with E-state index in [4.69, 9.17) is 4.74 Å². The minimum Gasteiger partial charge on any atom is -0.373 e. The van der Waals surface area contributed by atoms with Crippen LogP contribution in [0.25, 0.3) is 0 Å². The first kappa shape index (κ1) is 16.9. The molecule has 1 aromatic rings. The second-order valence-corrected chi connectivity index (χ2v) is 7.73. The summed E-state index contributed by atoms with van der Waals surface area (Å²) in [7, 11) is 0. The molecule has 0 bridgehead atoms. The van der Waals surface area contributed by atoms with Gasteiger partial charge in [-0.25, -0.2) is 0 Å².